The third-order valence-corrected chi connectivity index (χ3v) is 4.44. The molecule has 21 heavy (non-hydrogen) atoms. The van der Waals surface area contributed by atoms with Crippen molar-refractivity contribution in [2.45, 2.75) is 25.0 Å². The van der Waals surface area contributed by atoms with Gasteiger partial charge in [-0.1, -0.05) is 62.4 Å². The van der Waals surface area contributed by atoms with E-state index < -0.39 is 0 Å². The van der Waals surface area contributed by atoms with Crippen molar-refractivity contribution in [2.75, 3.05) is 6.61 Å². The second kappa shape index (κ2) is 5.94. The molecule has 1 aliphatic carbocycles. The van der Waals surface area contributed by atoms with E-state index in [4.69, 9.17) is 4.74 Å². The van der Waals surface area contributed by atoms with Crippen LogP contribution in [0.2, 0.25) is 0 Å². The number of benzene rings is 2. The highest BCUT2D eigenvalue weighted by atomic mass is 32.2. The zero-order valence-electron chi connectivity index (χ0n) is 12.2. The van der Waals surface area contributed by atoms with Crippen molar-refractivity contribution in [3.63, 3.8) is 0 Å². The van der Waals surface area contributed by atoms with Gasteiger partial charge in [0.1, 0.15) is 6.61 Å². The monoisotopic (exact) mass is 298 g/mol. The molecule has 0 saturated carbocycles. The molecule has 3 rings (SSSR count). The molecule has 3 heteroatoms. The zero-order valence-corrected chi connectivity index (χ0v) is 13.0. The standard InChI is InChI=1S/C18H18O2S/c1-12(2)21-18(19)20-11-17-15-9-5-3-7-13(15)14-8-4-6-10-16(14)17/h3-10,12,17H,11H2,1-2H3. The topological polar surface area (TPSA) is 26.3 Å². The Hall–Kier alpha value is -1.74. The van der Waals surface area contributed by atoms with E-state index in [9.17, 15) is 4.79 Å². The number of hydrogen-bond donors (Lipinski definition) is 0. The van der Waals surface area contributed by atoms with Gasteiger partial charge < -0.3 is 4.74 Å². The largest absolute Gasteiger partial charge is 0.457 e. The number of carbonyl (C=O) groups excluding carboxylic acids is 1. The molecule has 2 aromatic carbocycles. The maximum Gasteiger partial charge on any atom is 0.367 e. The van der Waals surface area contributed by atoms with Gasteiger partial charge in [-0.25, -0.2) is 4.79 Å². The highest BCUT2D eigenvalue weighted by molar-refractivity contribution is 8.13. The van der Waals surface area contributed by atoms with Gasteiger partial charge in [0.15, 0.2) is 0 Å². The fourth-order valence-electron chi connectivity index (χ4n) is 2.82. The summed E-state index contributed by atoms with van der Waals surface area (Å²) in [5.41, 5.74) is 5.01. The number of fused-ring (bicyclic) bond motifs is 3. The lowest BCUT2D eigenvalue weighted by Crippen LogP contribution is -2.10. The number of hydrogen-bond acceptors (Lipinski definition) is 3. The molecular weight excluding hydrogens is 280 g/mol. The Morgan fingerprint density at radius 1 is 1.05 bits per heavy atom. The average Bonchev–Trinajstić information content (AvgIpc) is 2.79. The summed E-state index contributed by atoms with van der Waals surface area (Å²) < 4.78 is 5.47. The first-order valence-corrected chi connectivity index (χ1v) is 8.06. The molecule has 0 aromatic heterocycles. The van der Waals surface area contributed by atoms with Crippen molar-refractivity contribution in [1.82, 2.24) is 0 Å². The second-order valence-corrected chi connectivity index (χ2v) is 6.97. The van der Waals surface area contributed by atoms with Crippen LogP contribution < -0.4 is 0 Å². The summed E-state index contributed by atoms with van der Waals surface area (Å²) in [5.74, 6) is 0.147. The number of ether oxygens (including phenoxy) is 1. The second-order valence-electron chi connectivity index (χ2n) is 5.45. The SMILES string of the molecule is CC(C)SC(=O)OCC1c2ccccc2-c2ccccc21. The lowest BCUT2D eigenvalue weighted by molar-refractivity contribution is 0.171. The van der Waals surface area contributed by atoms with Crippen LogP contribution in [0.1, 0.15) is 30.9 Å². The third-order valence-electron chi connectivity index (χ3n) is 3.66. The van der Waals surface area contributed by atoms with Crippen LogP contribution in [0.25, 0.3) is 11.1 Å². The summed E-state index contributed by atoms with van der Waals surface area (Å²) in [4.78, 5) is 11.8. The van der Waals surface area contributed by atoms with Crippen LogP contribution >= 0.6 is 11.8 Å². The van der Waals surface area contributed by atoms with Gasteiger partial charge in [-0.2, -0.15) is 0 Å². The highest BCUT2D eigenvalue weighted by Crippen LogP contribution is 2.44. The van der Waals surface area contributed by atoms with Gasteiger partial charge in [-0.15, -0.1) is 0 Å². The van der Waals surface area contributed by atoms with Crippen molar-refractivity contribution in [2.24, 2.45) is 0 Å². The van der Waals surface area contributed by atoms with Gasteiger partial charge in [0.2, 0.25) is 0 Å². The van der Waals surface area contributed by atoms with Crippen molar-refractivity contribution >= 4 is 17.1 Å². The summed E-state index contributed by atoms with van der Waals surface area (Å²) in [6, 6.07) is 16.7. The Kier molecular flexibility index (Phi) is 4.02. The Labute approximate surface area is 129 Å². The summed E-state index contributed by atoms with van der Waals surface area (Å²) in [5, 5.41) is 0.0625. The molecule has 1 aliphatic rings. The van der Waals surface area contributed by atoms with E-state index in [1.54, 1.807) is 0 Å². The maximum atomic E-state index is 11.8. The molecule has 0 saturated heterocycles. The number of carbonyl (C=O) groups is 1. The van der Waals surface area contributed by atoms with E-state index in [2.05, 4.69) is 36.4 Å². The Bertz CT molecular complexity index is 618. The lowest BCUT2D eigenvalue weighted by Gasteiger charge is -2.14. The van der Waals surface area contributed by atoms with E-state index in [1.165, 1.54) is 34.0 Å². The predicted molar refractivity (Wildman–Crippen MR) is 87.8 cm³/mol. The van der Waals surface area contributed by atoms with Gasteiger partial charge in [-0.05, 0) is 34.0 Å². The van der Waals surface area contributed by atoms with Crippen molar-refractivity contribution in [1.29, 1.82) is 0 Å². The average molecular weight is 298 g/mol. The van der Waals surface area contributed by atoms with Crippen molar-refractivity contribution in [3.05, 3.63) is 59.7 Å². The molecular formula is C18H18O2S. The van der Waals surface area contributed by atoms with Gasteiger partial charge in [0, 0.05) is 11.2 Å². The summed E-state index contributed by atoms with van der Waals surface area (Å²) in [7, 11) is 0. The molecule has 0 amide bonds. The molecule has 0 N–H and O–H groups in total. The Morgan fingerprint density at radius 2 is 1.57 bits per heavy atom. The van der Waals surface area contributed by atoms with E-state index in [1.807, 2.05) is 26.0 Å². The molecule has 0 aliphatic heterocycles. The molecule has 0 heterocycles. The molecule has 0 atom stereocenters. The quantitative estimate of drug-likeness (QED) is 0.739. The van der Waals surface area contributed by atoms with Crippen LogP contribution in [0.15, 0.2) is 48.5 Å². The minimum atomic E-state index is -0.188. The first-order valence-electron chi connectivity index (χ1n) is 7.18. The first-order chi connectivity index (χ1) is 10.2. The van der Waals surface area contributed by atoms with Gasteiger partial charge in [-0.3, -0.25) is 0 Å². The van der Waals surface area contributed by atoms with Crippen LogP contribution in [0.5, 0.6) is 0 Å². The van der Waals surface area contributed by atoms with Crippen LogP contribution in [-0.2, 0) is 4.74 Å². The Morgan fingerprint density at radius 3 is 2.10 bits per heavy atom. The molecule has 108 valence electrons. The summed E-state index contributed by atoms with van der Waals surface area (Å²) >= 11 is 1.24. The summed E-state index contributed by atoms with van der Waals surface area (Å²) in [6.45, 7) is 4.39. The fourth-order valence-corrected chi connectivity index (χ4v) is 3.34. The van der Waals surface area contributed by atoms with Crippen LogP contribution in [-0.4, -0.2) is 17.2 Å². The molecule has 0 bridgehead atoms. The molecule has 2 nitrogen and oxygen atoms in total. The van der Waals surface area contributed by atoms with Gasteiger partial charge >= 0.3 is 5.30 Å². The summed E-state index contributed by atoms with van der Waals surface area (Å²) in [6.07, 6.45) is 0. The van der Waals surface area contributed by atoms with E-state index in [-0.39, 0.29) is 16.5 Å². The highest BCUT2D eigenvalue weighted by Gasteiger charge is 2.29. The smallest absolute Gasteiger partial charge is 0.367 e. The minimum absolute atomic E-state index is 0.147. The first kappa shape index (κ1) is 14.2. The van der Waals surface area contributed by atoms with Crippen molar-refractivity contribution in [3.8, 4) is 11.1 Å². The van der Waals surface area contributed by atoms with Gasteiger partial charge in [0.25, 0.3) is 0 Å². The van der Waals surface area contributed by atoms with Crippen LogP contribution in [0.4, 0.5) is 4.79 Å². The lowest BCUT2D eigenvalue weighted by atomic mass is 9.98. The molecule has 0 radical (unpaired) electrons. The van der Waals surface area contributed by atoms with Crippen molar-refractivity contribution < 1.29 is 9.53 Å². The van der Waals surface area contributed by atoms with Gasteiger partial charge in [0.05, 0.1) is 0 Å². The predicted octanol–water partition coefficient (Wildman–Crippen LogP) is 5.08. The van der Waals surface area contributed by atoms with Crippen LogP contribution in [0, 0.1) is 0 Å². The molecule has 0 fully saturated rings. The third kappa shape index (κ3) is 2.84. The fraction of sp³-hybridized carbons (Fsp3) is 0.278. The molecule has 2 aromatic rings. The number of rotatable bonds is 3. The maximum absolute atomic E-state index is 11.8. The van der Waals surface area contributed by atoms with E-state index in [0.29, 0.717) is 6.61 Å². The normalized spacial score (nSPS) is 13.1. The number of thioether (sulfide) groups is 1. The van der Waals surface area contributed by atoms with E-state index >= 15 is 0 Å². The minimum Gasteiger partial charge on any atom is -0.457 e. The zero-order chi connectivity index (χ0) is 14.8. The molecule has 0 spiro atoms. The Balaban J connectivity index is 1.84. The van der Waals surface area contributed by atoms with E-state index in [0.717, 1.165) is 0 Å². The van der Waals surface area contributed by atoms with Crippen LogP contribution in [0.3, 0.4) is 0 Å². The molecule has 0 unspecified atom stereocenters.